The first-order chi connectivity index (χ1) is 17.5. The number of amides is 2. The smallest absolute Gasteiger partial charge is 0.331 e. The van der Waals surface area contributed by atoms with Gasteiger partial charge in [-0.05, 0) is 24.3 Å². The number of carbonyl (C=O) groups excluding carboxylic acids is 4. The normalized spacial score (nSPS) is 13.4. The lowest BCUT2D eigenvalue weighted by Crippen LogP contribution is -2.21. The van der Waals surface area contributed by atoms with Crippen LogP contribution in [0.15, 0.2) is 48.6 Å². The molecule has 0 unspecified atom stereocenters. The van der Waals surface area contributed by atoms with Gasteiger partial charge in [-0.1, -0.05) is 0 Å². The lowest BCUT2D eigenvalue weighted by atomic mass is 10.2. The van der Waals surface area contributed by atoms with Gasteiger partial charge in [-0.3, -0.25) is 9.59 Å². The number of esters is 2. The molecule has 0 radical (unpaired) electrons. The highest BCUT2D eigenvalue weighted by atomic mass is 16.6. The van der Waals surface area contributed by atoms with Gasteiger partial charge in [-0.2, -0.15) is 0 Å². The van der Waals surface area contributed by atoms with E-state index in [1.807, 2.05) is 0 Å². The summed E-state index contributed by atoms with van der Waals surface area (Å²) < 4.78 is 31.2. The number of ether oxygens (including phenoxy) is 6. The Morgan fingerprint density at radius 3 is 1.44 bits per heavy atom. The molecule has 2 aliphatic heterocycles. The van der Waals surface area contributed by atoms with Crippen LogP contribution in [0, 0.1) is 0 Å². The van der Waals surface area contributed by atoms with Crippen LogP contribution in [-0.4, -0.2) is 63.4 Å². The maximum absolute atomic E-state index is 12.0. The fourth-order valence-corrected chi connectivity index (χ4v) is 3.14. The summed E-state index contributed by atoms with van der Waals surface area (Å²) in [4.78, 5) is 47.5. The van der Waals surface area contributed by atoms with Gasteiger partial charge in [-0.25, -0.2) is 9.59 Å². The molecule has 0 aliphatic carbocycles. The van der Waals surface area contributed by atoms with E-state index in [0.29, 0.717) is 60.8 Å². The zero-order valence-corrected chi connectivity index (χ0v) is 18.9. The quantitative estimate of drug-likeness (QED) is 0.405. The van der Waals surface area contributed by atoms with E-state index in [1.54, 1.807) is 36.4 Å². The van der Waals surface area contributed by atoms with E-state index in [0.717, 1.165) is 12.2 Å². The molecule has 2 aromatic rings. The Hall–Kier alpha value is -4.74. The minimum Gasteiger partial charge on any atom is -0.486 e. The predicted octanol–water partition coefficient (Wildman–Crippen LogP) is 1.45. The molecule has 2 aliphatic rings. The first-order valence-electron chi connectivity index (χ1n) is 10.9. The zero-order chi connectivity index (χ0) is 25.3. The Labute approximate surface area is 205 Å². The first-order valence-corrected chi connectivity index (χ1v) is 10.9. The summed E-state index contributed by atoms with van der Waals surface area (Å²) in [5.74, 6) is -0.921. The molecule has 0 aromatic heterocycles. The number of hydrogen-bond donors (Lipinski definition) is 2. The topological polar surface area (TPSA) is 148 Å². The second-order valence-electron chi connectivity index (χ2n) is 7.36. The Morgan fingerprint density at radius 1 is 0.639 bits per heavy atom. The summed E-state index contributed by atoms with van der Waals surface area (Å²) in [7, 11) is 0. The Balaban J connectivity index is 1.14. The monoisotopic (exact) mass is 498 g/mol. The van der Waals surface area contributed by atoms with Crippen molar-refractivity contribution in [3.05, 3.63) is 48.6 Å². The molecule has 0 saturated heterocycles. The van der Waals surface area contributed by atoms with Crippen molar-refractivity contribution in [3.8, 4) is 23.0 Å². The summed E-state index contributed by atoms with van der Waals surface area (Å²) in [6.07, 6.45) is 1.58. The van der Waals surface area contributed by atoms with Gasteiger partial charge in [0.1, 0.15) is 26.4 Å². The fraction of sp³-hybridized carbons (Fsp3) is 0.250. The van der Waals surface area contributed by atoms with Crippen LogP contribution >= 0.6 is 0 Å². The highest BCUT2D eigenvalue weighted by molar-refractivity contribution is 5.97. The van der Waals surface area contributed by atoms with Crippen molar-refractivity contribution in [2.75, 3.05) is 50.3 Å². The summed E-state index contributed by atoms with van der Waals surface area (Å²) >= 11 is 0. The van der Waals surface area contributed by atoms with Gasteiger partial charge < -0.3 is 39.1 Å². The third-order valence-electron chi connectivity index (χ3n) is 4.70. The van der Waals surface area contributed by atoms with Crippen LogP contribution in [0.5, 0.6) is 23.0 Å². The van der Waals surface area contributed by atoms with Gasteiger partial charge in [-0.15, -0.1) is 0 Å². The Morgan fingerprint density at radius 2 is 1.03 bits per heavy atom. The molecule has 2 amide bonds. The number of anilines is 2. The van der Waals surface area contributed by atoms with Gasteiger partial charge in [0.2, 0.25) is 0 Å². The maximum Gasteiger partial charge on any atom is 0.331 e. The van der Waals surface area contributed by atoms with Crippen LogP contribution in [0.2, 0.25) is 0 Å². The van der Waals surface area contributed by atoms with Crippen molar-refractivity contribution in [1.82, 2.24) is 0 Å². The molecule has 0 atom stereocenters. The third kappa shape index (κ3) is 6.88. The van der Waals surface area contributed by atoms with E-state index >= 15 is 0 Å². The van der Waals surface area contributed by atoms with Crippen LogP contribution in [0.25, 0.3) is 0 Å². The summed E-state index contributed by atoms with van der Waals surface area (Å²) in [5, 5.41) is 5.11. The van der Waals surface area contributed by atoms with Crippen LogP contribution in [-0.2, 0) is 28.7 Å². The predicted molar refractivity (Wildman–Crippen MR) is 123 cm³/mol. The summed E-state index contributed by atoms with van der Waals surface area (Å²) in [6, 6.07) is 9.73. The number of carbonyl (C=O) groups is 4. The minimum atomic E-state index is -0.940. The standard InChI is InChI=1S/C24H22N2O10/c27-21(25-15-1-3-17-19(11-15)33-9-7-31-17)13-35-23(29)5-6-24(30)36-14-22(28)26-16-2-4-18-20(12-16)34-10-8-32-18/h1-6,11-12H,7-10,13-14H2,(H,25,27)(H,26,28)/b6-5+. The van der Waals surface area contributed by atoms with E-state index in [-0.39, 0.29) is 0 Å². The maximum atomic E-state index is 12.0. The van der Waals surface area contributed by atoms with Crippen molar-refractivity contribution < 1.29 is 47.6 Å². The minimum absolute atomic E-state index is 0.404. The third-order valence-corrected chi connectivity index (χ3v) is 4.70. The number of hydrogen-bond acceptors (Lipinski definition) is 10. The molecule has 0 fully saturated rings. The average molecular weight is 498 g/mol. The van der Waals surface area contributed by atoms with Crippen molar-refractivity contribution in [2.45, 2.75) is 0 Å². The van der Waals surface area contributed by atoms with Crippen LogP contribution in [0.4, 0.5) is 11.4 Å². The van der Waals surface area contributed by atoms with E-state index in [1.165, 1.54) is 0 Å². The number of benzene rings is 2. The molecule has 2 heterocycles. The molecule has 36 heavy (non-hydrogen) atoms. The molecular formula is C24H22N2O10. The first kappa shape index (κ1) is 24.4. The van der Waals surface area contributed by atoms with Crippen molar-refractivity contribution in [1.29, 1.82) is 0 Å². The van der Waals surface area contributed by atoms with E-state index < -0.39 is 37.0 Å². The second-order valence-corrected chi connectivity index (χ2v) is 7.36. The summed E-state index contributed by atoms with van der Waals surface area (Å²) in [6.45, 7) is 0.548. The lowest BCUT2D eigenvalue weighted by molar-refractivity contribution is -0.144. The van der Waals surface area contributed by atoms with Crippen LogP contribution < -0.4 is 29.6 Å². The van der Waals surface area contributed by atoms with E-state index in [9.17, 15) is 19.2 Å². The van der Waals surface area contributed by atoms with Crippen molar-refractivity contribution in [3.63, 3.8) is 0 Å². The van der Waals surface area contributed by atoms with E-state index in [4.69, 9.17) is 28.4 Å². The zero-order valence-electron chi connectivity index (χ0n) is 18.9. The fourth-order valence-electron chi connectivity index (χ4n) is 3.14. The van der Waals surface area contributed by atoms with Crippen LogP contribution in [0.3, 0.4) is 0 Å². The van der Waals surface area contributed by atoms with E-state index in [2.05, 4.69) is 10.6 Å². The number of nitrogens with one attached hydrogen (secondary N) is 2. The van der Waals surface area contributed by atoms with Gasteiger partial charge >= 0.3 is 11.9 Å². The molecule has 0 spiro atoms. The van der Waals surface area contributed by atoms with Gasteiger partial charge in [0.05, 0.1) is 0 Å². The molecule has 0 saturated carbocycles. The molecular weight excluding hydrogens is 476 g/mol. The lowest BCUT2D eigenvalue weighted by Gasteiger charge is -2.19. The SMILES string of the molecule is O=C(COC(=O)/C=C/C(=O)OCC(=O)Nc1ccc2c(c1)OCCO2)Nc1ccc2c(c1)OCCO2. The summed E-state index contributed by atoms with van der Waals surface area (Å²) in [5.41, 5.74) is 0.878. The van der Waals surface area contributed by atoms with Gasteiger partial charge in [0.15, 0.2) is 36.2 Å². The highest BCUT2D eigenvalue weighted by Gasteiger charge is 2.15. The Bertz CT molecular complexity index is 1100. The largest absolute Gasteiger partial charge is 0.486 e. The van der Waals surface area contributed by atoms with Crippen molar-refractivity contribution in [2.24, 2.45) is 0 Å². The van der Waals surface area contributed by atoms with Crippen LogP contribution in [0.1, 0.15) is 0 Å². The van der Waals surface area contributed by atoms with Crippen molar-refractivity contribution >= 4 is 35.1 Å². The molecule has 0 bridgehead atoms. The molecule has 4 rings (SSSR count). The highest BCUT2D eigenvalue weighted by Crippen LogP contribution is 2.33. The van der Waals surface area contributed by atoms with Gasteiger partial charge in [0, 0.05) is 35.7 Å². The molecule has 12 nitrogen and oxygen atoms in total. The molecule has 12 heteroatoms. The number of fused-ring (bicyclic) bond motifs is 2. The second kappa shape index (κ2) is 11.6. The number of rotatable bonds is 8. The molecule has 188 valence electrons. The van der Waals surface area contributed by atoms with Gasteiger partial charge in [0.25, 0.3) is 11.8 Å². The molecule has 2 N–H and O–H groups in total. The Kier molecular flexibility index (Phi) is 7.86. The molecule has 2 aromatic carbocycles. The average Bonchev–Trinajstić information content (AvgIpc) is 2.89.